The van der Waals surface area contributed by atoms with Crippen LogP contribution in [0.15, 0.2) is 29.6 Å². The lowest BCUT2D eigenvalue weighted by atomic mass is 9.86. The summed E-state index contributed by atoms with van der Waals surface area (Å²) in [6, 6.07) is 8.58. The average Bonchev–Trinajstić information content (AvgIpc) is 2.72. The first-order valence-electron chi connectivity index (χ1n) is 6.11. The van der Waals surface area contributed by atoms with Crippen molar-refractivity contribution < 1.29 is 5.11 Å². The molecule has 1 N–H and O–H groups in total. The number of rotatable bonds is 3. The summed E-state index contributed by atoms with van der Waals surface area (Å²) in [4.78, 5) is 0. The SMILES string of the molecule is CC(C)(C)C(O)CCc1cccc2ccsc12. The highest BCUT2D eigenvalue weighted by Crippen LogP contribution is 2.28. The summed E-state index contributed by atoms with van der Waals surface area (Å²) in [5, 5.41) is 13.5. The number of aliphatic hydroxyl groups excluding tert-OH is 1. The van der Waals surface area contributed by atoms with Gasteiger partial charge in [0, 0.05) is 4.70 Å². The van der Waals surface area contributed by atoms with E-state index in [1.54, 1.807) is 11.3 Å². The van der Waals surface area contributed by atoms with Gasteiger partial charge in [0.2, 0.25) is 0 Å². The second-order valence-corrected chi connectivity index (χ2v) is 6.59. The third-order valence-corrected chi connectivity index (χ3v) is 4.25. The van der Waals surface area contributed by atoms with Crippen molar-refractivity contribution in [1.82, 2.24) is 0 Å². The molecule has 0 aliphatic heterocycles. The van der Waals surface area contributed by atoms with E-state index in [0.717, 1.165) is 12.8 Å². The molecular formula is C15H20OS. The molecule has 1 aromatic heterocycles. The van der Waals surface area contributed by atoms with Crippen molar-refractivity contribution in [2.24, 2.45) is 5.41 Å². The lowest BCUT2D eigenvalue weighted by Crippen LogP contribution is -2.26. The predicted octanol–water partition coefficient (Wildman–Crippen LogP) is 4.24. The zero-order valence-corrected chi connectivity index (χ0v) is 11.6. The summed E-state index contributed by atoms with van der Waals surface area (Å²) < 4.78 is 1.37. The number of aryl methyl sites for hydroxylation is 1. The van der Waals surface area contributed by atoms with Crippen LogP contribution < -0.4 is 0 Å². The largest absolute Gasteiger partial charge is 0.393 e. The van der Waals surface area contributed by atoms with Crippen molar-refractivity contribution in [1.29, 1.82) is 0 Å². The minimum absolute atomic E-state index is 0.0245. The van der Waals surface area contributed by atoms with Crippen molar-refractivity contribution in [3.8, 4) is 0 Å². The van der Waals surface area contributed by atoms with Crippen molar-refractivity contribution in [2.45, 2.75) is 39.7 Å². The number of benzene rings is 1. The van der Waals surface area contributed by atoms with Crippen LogP contribution in [0.4, 0.5) is 0 Å². The minimum atomic E-state index is -0.238. The maximum absolute atomic E-state index is 10.1. The summed E-state index contributed by atoms with van der Waals surface area (Å²) in [7, 11) is 0. The third-order valence-electron chi connectivity index (χ3n) is 3.25. The Labute approximate surface area is 107 Å². The number of hydrogen-bond acceptors (Lipinski definition) is 2. The van der Waals surface area contributed by atoms with E-state index in [-0.39, 0.29) is 11.5 Å². The predicted molar refractivity (Wildman–Crippen MR) is 75.6 cm³/mol. The van der Waals surface area contributed by atoms with Gasteiger partial charge in [-0.2, -0.15) is 0 Å². The van der Waals surface area contributed by atoms with Gasteiger partial charge in [0.05, 0.1) is 6.10 Å². The average molecular weight is 248 g/mol. The normalized spacial score (nSPS) is 14.1. The van der Waals surface area contributed by atoms with E-state index in [4.69, 9.17) is 0 Å². The maximum Gasteiger partial charge on any atom is 0.0591 e. The van der Waals surface area contributed by atoms with Gasteiger partial charge < -0.3 is 5.11 Å². The Balaban J connectivity index is 2.12. The van der Waals surface area contributed by atoms with Crippen molar-refractivity contribution >= 4 is 21.4 Å². The molecule has 0 amide bonds. The van der Waals surface area contributed by atoms with Gasteiger partial charge >= 0.3 is 0 Å². The van der Waals surface area contributed by atoms with Gasteiger partial charge in [-0.05, 0) is 40.7 Å². The molecule has 0 saturated carbocycles. The first-order chi connectivity index (χ1) is 7.98. The molecule has 2 aromatic rings. The molecule has 0 fully saturated rings. The molecule has 17 heavy (non-hydrogen) atoms. The second-order valence-electron chi connectivity index (χ2n) is 5.68. The summed E-state index contributed by atoms with van der Waals surface area (Å²) in [5.41, 5.74) is 1.34. The number of fused-ring (bicyclic) bond motifs is 1. The molecule has 0 spiro atoms. The van der Waals surface area contributed by atoms with Crippen LogP contribution in [0, 0.1) is 5.41 Å². The molecule has 1 aromatic carbocycles. The lowest BCUT2D eigenvalue weighted by Gasteiger charge is -2.25. The van der Waals surface area contributed by atoms with E-state index in [0.29, 0.717) is 0 Å². The molecule has 1 atom stereocenters. The summed E-state index contributed by atoms with van der Waals surface area (Å²) in [5.74, 6) is 0. The van der Waals surface area contributed by atoms with Gasteiger partial charge in [-0.3, -0.25) is 0 Å². The molecule has 2 heteroatoms. The molecule has 2 rings (SSSR count). The Morgan fingerprint density at radius 1 is 1.24 bits per heavy atom. The third kappa shape index (κ3) is 2.88. The Morgan fingerprint density at radius 3 is 2.71 bits per heavy atom. The van der Waals surface area contributed by atoms with E-state index in [9.17, 15) is 5.11 Å². The topological polar surface area (TPSA) is 20.2 Å². The fourth-order valence-electron chi connectivity index (χ4n) is 1.98. The highest BCUT2D eigenvalue weighted by molar-refractivity contribution is 7.17. The molecule has 0 aliphatic rings. The fraction of sp³-hybridized carbons (Fsp3) is 0.467. The van der Waals surface area contributed by atoms with E-state index in [2.05, 4.69) is 50.4 Å². The van der Waals surface area contributed by atoms with Crippen molar-refractivity contribution in [3.05, 3.63) is 35.2 Å². The fourth-order valence-corrected chi connectivity index (χ4v) is 2.92. The van der Waals surface area contributed by atoms with Crippen molar-refractivity contribution in [3.63, 3.8) is 0 Å². The summed E-state index contributed by atoms with van der Waals surface area (Å²) in [6.45, 7) is 6.26. The molecule has 1 heterocycles. The molecule has 1 unspecified atom stereocenters. The van der Waals surface area contributed by atoms with Gasteiger partial charge in [-0.15, -0.1) is 11.3 Å². The second kappa shape index (κ2) is 4.79. The quantitative estimate of drug-likeness (QED) is 0.861. The Kier molecular flexibility index (Phi) is 3.55. The first-order valence-corrected chi connectivity index (χ1v) is 6.99. The number of aliphatic hydroxyl groups is 1. The molecule has 0 aliphatic carbocycles. The van der Waals surface area contributed by atoms with Gasteiger partial charge in [-0.25, -0.2) is 0 Å². The van der Waals surface area contributed by atoms with Crippen LogP contribution in [-0.2, 0) is 6.42 Å². The van der Waals surface area contributed by atoms with E-state index < -0.39 is 0 Å². The Morgan fingerprint density at radius 2 is 2.00 bits per heavy atom. The first kappa shape index (κ1) is 12.6. The zero-order valence-electron chi connectivity index (χ0n) is 10.7. The Bertz CT molecular complexity index is 493. The highest BCUT2D eigenvalue weighted by Gasteiger charge is 2.21. The van der Waals surface area contributed by atoms with Crippen LogP contribution in [0.5, 0.6) is 0 Å². The van der Waals surface area contributed by atoms with Gasteiger partial charge in [0.25, 0.3) is 0 Å². The van der Waals surface area contributed by atoms with Crippen molar-refractivity contribution in [2.75, 3.05) is 0 Å². The lowest BCUT2D eigenvalue weighted by molar-refractivity contribution is 0.0561. The van der Waals surface area contributed by atoms with Gasteiger partial charge in [0.1, 0.15) is 0 Å². The van der Waals surface area contributed by atoms with Crippen LogP contribution in [-0.4, -0.2) is 11.2 Å². The van der Waals surface area contributed by atoms with Crippen LogP contribution in [0.2, 0.25) is 0 Å². The molecule has 0 radical (unpaired) electrons. The van der Waals surface area contributed by atoms with Crippen LogP contribution in [0.25, 0.3) is 10.1 Å². The van der Waals surface area contributed by atoms with E-state index in [1.807, 2.05) is 0 Å². The maximum atomic E-state index is 10.1. The minimum Gasteiger partial charge on any atom is -0.393 e. The molecule has 1 nitrogen and oxygen atoms in total. The van der Waals surface area contributed by atoms with Gasteiger partial charge in [-0.1, -0.05) is 39.0 Å². The van der Waals surface area contributed by atoms with Crippen LogP contribution in [0.1, 0.15) is 32.8 Å². The number of hydrogen-bond donors (Lipinski definition) is 1. The standard InChI is InChI=1S/C15H20OS/c1-15(2,3)13(16)8-7-11-5-4-6-12-9-10-17-14(11)12/h4-6,9-10,13,16H,7-8H2,1-3H3. The molecule has 0 saturated heterocycles. The molecule has 0 bridgehead atoms. The zero-order chi connectivity index (χ0) is 12.5. The van der Waals surface area contributed by atoms with Gasteiger partial charge in [0.15, 0.2) is 0 Å². The van der Waals surface area contributed by atoms with Crippen LogP contribution in [0.3, 0.4) is 0 Å². The molecular weight excluding hydrogens is 228 g/mol. The smallest absolute Gasteiger partial charge is 0.0591 e. The summed E-state index contributed by atoms with van der Waals surface area (Å²) >= 11 is 1.79. The van der Waals surface area contributed by atoms with E-state index in [1.165, 1.54) is 15.6 Å². The summed E-state index contributed by atoms with van der Waals surface area (Å²) in [6.07, 6.45) is 1.55. The highest BCUT2D eigenvalue weighted by atomic mass is 32.1. The van der Waals surface area contributed by atoms with Crippen LogP contribution >= 0.6 is 11.3 Å². The molecule has 92 valence electrons. The monoisotopic (exact) mass is 248 g/mol. The number of thiophene rings is 1. The Hall–Kier alpha value is -0.860. The van der Waals surface area contributed by atoms with E-state index >= 15 is 0 Å².